The highest BCUT2D eigenvalue weighted by Gasteiger charge is 2.19. The van der Waals surface area contributed by atoms with Gasteiger partial charge in [0, 0.05) is 6.07 Å². The van der Waals surface area contributed by atoms with E-state index in [1.807, 2.05) is 0 Å². The number of nitro benzene ring substituents is 1. The van der Waals surface area contributed by atoms with E-state index in [-0.39, 0.29) is 22.8 Å². The van der Waals surface area contributed by atoms with Gasteiger partial charge in [0.1, 0.15) is 0 Å². The molecule has 5 heteroatoms. The summed E-state index contributed by atoms with van der Waals surface area (Å²) in [6, 6.07) is 2.72. The lowest BCUT2D eigenvalue weighted by Crippen LogP contribution is -1.98. The van der Waals surface area contributed by atoms with Crippen molar-refractivity contribution in [1.82, 2.24) is 0 Å². The van der Waals surface area contributed by atoms with Gasteiger partial charge in [0.25, 0.3) is 1.43 Å². The van der Waals surface area contributed by atoms with Crippen molar-refractivity contribution in [3.8, 4) is 5.75 Å². The number of benzene rings is 1. The Bertz CT molecular complexity index is 395. The highest BCUT2D eigenvalue weighted by Crippen LogP contribution is 2.31. The third-order valence-corrected chi connectivity index (χ3v) is 1.79. The summed E-state index contributed by atoms with van der Waals surface area (Å²) < 4.78 is 6.73. The maximum Gasteiger partial charge on any atom is 0.311 e. The number of nitrogens with zero attached hydrogens (tertiary/aromatic N) is 1. The highest BCUT2D eigenvalue weighted by atomic mass is 16.6. The summed E-state index contributed by atoms with van der Waals surface area (Å²) in [4.78, 5) is 21.1. The Morgan fingerprint density at radius 2 is 2.29 bits per heavy atom. The first-order valence-electron chi connectivity index (χ1n) is 4.31. The Morgan fingerprint density at radius 3 is 2.71 bits per heavy atom. The molecule has 0 saturated carbocycles. The minimum atomic E-state index is -0.677. The summed E-state index contributed by atoms with van der Waals surface area (Å²) in [6.07, 6.45) is 0. The van der Waals surface area contributed by atoms with E-state index in [9.17, 15) is 14.9 Å². The van der Waals surface area contributed by atoms with Crippen LogP contribution in [0, 0.1) is 17.0 Å². The third-order valence-electron chi connectivity index (χ3n) is 1.79. The zero-order chi connectivity index (χ0) is 11.6. The second kappa shape index (κ2) is 3.45. The van der Waals surface area contributed by atoms with Crippen molar-refractivity contribution < 1.29 is 14.8 Å². The molecular weight excluding hydrogens is 186 g/mol. The molecule has 1 N–H and O–H groups in total. The number of carbonyl (C=O) groups excluding carboxylic acids is 1. The zero-order valence-electron chi connectivity index (χ0n) is 8.73. The maximum absolute atomic E-state index is 11.2. The molecule has 0 saturated heterocycles. The van der Waals surface area contributed by atoms with Crippen LogP contribution in [-0.2, 0) is 0 Å². The topological polar surface area (TPSA) is 80.4 Å². The van der Waals surface area contributed by atoms with Gasteiger partial charge in [0.05, 0.1) is 10.5 Å². The Balaban J connectivity index is 3.52. The molecule has 74 valence electrons. The Hall–Kier alpha value is -1.91. The fourth-order valence-electron chi connectivity index (χ4n) is 1.15. The van der Waals surface area contributed by atoms with Gasteiger partial charge in [-0.3, -0.25) is 14.9 Å². The number of phenolic OH excluding ortho intramolecular Hbond substituents is 1. The van der Waals surface area contributed by atoms with Crippen LogP contribution in [0.5, 0.6) is 5.75 Å². The van der Waals surface area contributed by atoms with Crippen LogP contribution in [0.3, 0.4) is 0 Å². The molecule has 0 radical (unpaired) electrons. The molecule has 0 atom stereocenters. The van der Waals surface area contributed by atoms with Gasteiger partial charge in [0.2, 0.25) is 5.75 Å². The van der Waals surface area contributed by atoms with Crippen molar-refractivity contribution in [2.24, 2.45) is 0 Å². The number of nitro groups is 1. The summed E-state index contributed by atoms with van der Waals surface area (Å²) in [5.41, 5.74) is 0.264. The number of phenols is 1. The van der Waals surface area contributed by atoms with Gasteiger partial charge in [-0.25, -0.2) is 0 Å². The molecule has 0 fully saturated rings. The van der Waals surface area contributed by atoms with E-state index in [0.29, 0.717) is 5.56 Å². The minimum Gasteiger partial charge on any atom is -0.502 e. The lowest BCUT2D eigenvalue weighted by Gasteiger charge is -2.02. The van der Waals surface area contributed by atoms with Gasteiger partial charge in [-0.05, 0) is 25.5 Å². The molecule has 0 heterocycles. The number of hydrogen-bond acceptors (Lipinski definition) is 4. The monoisotopic (exact) mass is 196 g/mol. The van der Waals surface area contributed by atoms with Crippen LogP contribution in [0.15, 0.2) is 12.1 Å². The van der Waals surface area contributed by atoms with E-state index in [0.717, 1.165) is 0 Å². The number of Topliss-reactive ketones (excluding diaryl/α,β-unsaturated/α-hetero) is 1. The van der Waals surface area contributed by atoms with Gasteiger partial charge < -0.3 is 5.11 Å². The van der Waals surface area contributed by atoms with Crippen molar-refractivity contribution in [1.29, 1.82) is 1.43 Å². The molecule has 0 aliphatic rings. The number of carbonyl (C=O) groups is 1. The molecule has 1 aromatic carbocycles. The van der Waals surface area contributed by atoms with Gasteiger partial charge >= 0.3 is 5.69 Å². The van der Waals surface area contributed by atoms with Crippen LogP contribution < -0.4 is 0 Å². The van der Waals surface area contributed by atoms with E-state index in [1.165, 1.54) is 19.1 Å². The number of aromatic hydroxyl groups is 1. The van der Waals surface area contributed by atoms with E-state index in [2.05, 4.69) is 5.11 Å². The molecule has 14 heavy (non-hydrogen) atoms. The number of rotatable bonds is 3. The van der Waals surface area contributed by atoms with Gasteiger partial charge in [-0.1, -0.05) is 0 Å². The highest BCUT2D eigenvalue weighted by molar-refractivity contribution is 5.98. The molecule has 0 bridgehead atoms. The van der Waals surface area contributed by atoms with Gasteiger partial charge in [-0.2, -0.15) is 0 Å². The Morgan fingerprint density at radius 1 is 1.64 bits per heavy atom. The van der Waals surface area contributed by atoms with Crippen LogP contribution >= 0.6 is 0 Å². The quantitative estimate of drug-likeness (QED) is 0.454. The number of hydrogen-bond donors (Lipinski definition) is 1. The van der Waals surface area contributed by atoms with Crippen molar-refractivity contribution in [3.63, 3.8) is 0 Å². The predicted octanol–water partition coefficient (Wildman–Crippen LogP) is 1.81. The number of ketones is 1. The summed E-state index contributed by atoms with van der Waals surface area (Å²) in [7, 11) is 0. The average Bonchev–Trinajstić information content (AvgIpc) is 2.16. The molecule has 0 aliphatic carbocycles. The smallest absolute Gasteiger partial charge is 0.311 e. The minimum absolute atomic E-state index is 0.0525. The molecule has 0 aliphatic heterocycles. The van der Waals surface area contributed by atoms with E-state index >= 15 is 0 Å². The SMILES string of the molecule is [2H]Oc1c(C(C)=O)cc(C)cc1[N+](=O)[O-]. The van der Waals surface area contributed by atoms with Gasteiger partial charge in [-0.15, -0.1) is 0 Å². The standard InChI is InChI=1S/C9H9NO4/c1-5-3-7(6(2)11)9(12)8(4-5)10(13)14/h3-4,12H,1-2H3/i/hD. The molecule has 0 unspecified atom stereocenters. The van der Waals surface area contributed by atoms with Gasteiger partial charge in [0.15, 0.2) is 5.78 Å². The largest absolute Gasteiger partial charge is 0.502 e. The van der Waals surface area contributed by atoms with Crippen LogP contribution in [0.4, 0.5) is 5.69 Å². The predicted molar refractivity (Wildman–Crippen MR) is 49.5 cm³/mol. The molecule has 5 nitrogen and oxygen atoms in total. The zero-order valence-corrected chi connectivity index (χ0v) is 7.73. The molecule has 0 aromatic heterocycles. The van der Waals surface area contributed by atoms with E-state index in [4.69, 9.17) is 1.43 Å². The van der Waals surface area contributed by atoms with Crippen LogP contribution in [0.2, 0.25) is 0 Å². The fourth-order valence-corrected chi connectivity index (χ4v) is 1.15. The van der Waals surface area contributed by atoms with Crippen LogP contribution in [0.25, 0.3) is 0 Å². The average molecular weight is 196 g/mol. The van der Waals surface area contributed by atoms with Crippen molar-refractivity contribution in [2.75, 3.05) is 0 Å². The van der Waals surface area contributed by atoms with Crippen LogP contribution in [-0.4, -0.2) is 17.2 Å². The molecule has 1 aromatic rings. The first-order chi connectivity index (χ1) is 6.97. The lowest BCUT2D eigenvalue weighted by atomic mass is 10.1. The lowest BCUT2D eigenvalue weighted by molar-refractivity contribution is -0.385. The second-order valence-corrected chi connectivity index (χ2v) is 2.97. The Labute approximate surface area is 81.6 Å². The third kappa shape index (κ3) is 1.71. The summed E-state index contributed by atoms with van der Waals surface area (Å²) >= 11 is 0. The summed E-state index contributed by atoms with van der Waals surface area (Å²) in [5.74, 6) is -0.679. The Kier molecular flexibility index (Phi) is 2.14. The van der Waals surface area contributed by atoms with Crippen molar-refractivity contribution in [3.05, 3.63) is 33.4 Å². The van der Waals surface area contributed by atoms with Crippen LogP contribution in [0.1, 0.15) is 22.8 Å². The fraction of sp³-hybridized carbons (Fsp3) is 0.222. The maximum atomic E-state index is 11.2. The molecule has 0 amide bonds. The summed E-state index contributed by atoms with van der Waals surface area (Å²) in [6.45, 7) is 2.90. The summed E-state index contributed by atoms with van der Waals surface area (Å²) in [5, 5.41) is 14.8. The van der Waals surface area contributed by atoms with Crippen molar-refractivity contribution in [2.45, 2.75) is 13.8 Å². The second-order valence-electron chi connectivity index (χ2n) is 2.97. The normalized spacial score (nSPS) is 10.6. The first kappa shape index (κ1) is 8.68. The van der Waals surface area contributed by atoms with E-state index < -0.39 is 4.92 Å². The molecule has 0 spiro atoms. The number of aryl methyl sites for hydroxylation is 1. The van der Waals surface area contributed by atoms with Crippen molar-refractivity contribution >= 4 is 11.5 Å². The van der Waals surface area contributed by atoms with E-state index in [1.54, 1.807) is 6.92 Å². The first-order valence-corrected chi connectivity index (χ1v) is 3.90. The molecule has 1 rings (SSSR count). The molecular formula is C9H9NO4.